The maximum Gasteiger partial charge on any atom is 0.138 e. The molecule has 0 aliphatic rings. The number of hydrogen-bond acceptors (Lipinski definition) is 2. The molecule has 1 aromatic carbocycles. The Kier molecular flexibility index (Phi) is 3.54. The molecule has 0 saturated heterocycles. The number of fused-ring (bicyclic) bond motifs is 1. The Morgan fingerprint density at radius 2 is 2.21 bits per heavy atom. The van der Waals surface area contributed by atoms with Gasteiger partial charge >= 0.3 is 0 Å². The van der Waals surface area contributed by atoms with Crippen LogP contribution in [0.4, 0.5) is 0 Å². The van der Waals surface area contributed by atoms with Crippen molar-refractivity contribution in [1.82, 2.24) is 0 Å². The monoisotopic (exact) mass is 430 g/mol. The molecule has 0 saturated carbocycles. The van der Waals surface area contributed by atoms with Gasteiger partial charge in [0.2, 0.25) is 0 Å². The highest BCUT2D eigenvalue weighted by molar-refractivity contribution is 14.1. The Morgan fingerprint density at radius 1 is 1.43 bits per heavy atom. The van der Waals surface area contributed by atoms with Crippen molar-refractivity contribution in [2.45, 2.75) is 6.92 Å². The van der Waals surface area contributed by atoms with Gasteiger partial charge in [0.25, 0.3) is 0 Å². The SMILES string of the molecule is CCOc1cc(I)c(I)c2ccsc12. The maximum absolute atomic E-state index is 5.62. The van der Waals surface area contributed by atoms with Gasteiger partial charge in [0.1, 0.15) is 5.75 Å². The van der Waals surface area contributed by atoms with Gasteiger partial charge in [0.15, 0.2) is 0 Å². The predicted octanol–water partition coefficient (Wildman–Crippen LogP) is 4.51. The van der Waals surface area contributed by atoms with Gasteiger partial charge in [-0.05, 0) is 69.6 Å². The second-order valence-electron chi connectivity index (χ2n) is 2.77. The van der Waals surface area contributed by atoms with Gasteiger partial charge < -0.3 is 4.74 Å². The fourth-order valence-corrected chi connectivity index (χ4v) is 3.54. The summed E-state index contributed by atoms with van der Waals surface area (Å²) in [6, 6.07) is 4.27. The lowest BCUT2D eigenvalue weighted by Crippen LogP contribution is -1.93. The average Bonchev–Trinajstić information content (AvgIpc) is 2.63. The highest BCUT2D eigenvalue weighted by Crippen LogP contribution is 2.36. The number of hydrogen-bond donors (Lipinski definition) is 0. The summed E-state index contributed by atoms with van der Waals surface area (Å²) in [5, 5.41) is 3.43. The molecule has 1 nitrogen and oxygen atoms in total. The van der Waals surface area contributed by atoms with Crippen LogP contribution in [0.25, 0.3) is 10.1 Å². The molecule has 0 N–H and O–H groups in total. The molecule has 4 heteroatoms. The Hall–Kier alpha value is 0.440. The highest BCUT2D eigenvalue weighted by Gasteiger charge is 2.10. The van der Waals surface area contributed by atoms with E-state index in [9.17, 15) is 0 Å². The summed E-state index contributed by atoms with van der Waals surface area (Å²) in [5.41, 5.74) is 0. The topological polar surface area (TPSA) is 9.23 Å². The molecule has 0 spiro atoms. The summed E-state index contributed by atoms with van der Waals surface area (Å²) in [6.07, 6.45) is 0. The average molecular weight is 430 g/mol. The van der Waals surface area contributed by atoms with E-state index in [4.69, 9.17) is 4.74 Å². The minimum atomic E-state index is 0.726. The van der Waals surface area contributed by atoms with Crippen LogP contribution in [-0.2, 0) is 0 Å². The fraction of sp³-hybridized carbons (Fsp3) is 0.200. The predicted molar refractivity (Wildman–Crippen MR) is 78.4 cm³/mol. The number of halogens is 2. The van der Waals surface area contributed by atoms with Crippen molar-refractivity contribution in [2.24, 2.45) is 0 Å². The van der Waals surface area contributed by atoms with Crippen molar-refractivity contribution in [2.75, 3.05) is 6.61 Å². The molecule has 74 valence electrons. The first-order chi connectivity index (χ1) is 6.74. The molecular weight excluding hydrogens is 422 g/mol. The standard InChI is InChI=1S/C10H8I2OS/c1-2-13-8-5-7(11)9(12)6-3-4-14-10(6)8/h3-5H,2H2,1H3. The molecule has 0 unspecified atom stereocenters. The molecule has 0 bridgehead atoms. The Bertz CT molecular complexity index is 464. The minimum absolute atomic E-state index is 0.726. The van der Waals surface area contributed by atoms with Crippen LogP contribution < -0.4 is 4.74 Å². The number of thiophene rings is 1. The van der Waals surface area contributed by atoms with Crippen LogP contribution in [0.15, 0.2) is 17.5 Å². The zero-order valence-electron chi connectivity index (χ0n) is 7.51. The van der Waals surface area contributed by atoms with Crippen LogP contribution in [0, 0.1) is 7.14 Å². The second-order valence-corrected chi connectivity index (χ2v) is 5.92. The zero-order chi connectivity index (χ0) is 10.1. The van der Waals surface area contributed by atoms with Crippen LogP contribution in [-0.4, -0.2) is 6.61 Å². The maximum atomic E-state index is 5.62. The van der Waals surface area contributed by atoms with E-state index in [0.29, 0.717) is 0 Å². The third-order valence-corrected chi connectivity index (χ3v) is 5.87. The second kappa shape index (κ2) is 4.52. The van der Waals surface area contributed by atoms with Crippen molar-refractivity contribution in [1.29, 1.82) is 0 Å². The van der Waals surface area contributed by atoms with Crippen LogP contribution in [0.5, 0.6) is 5.75 Å². The summed E-state index contributed by atoms with van der Waals surface area (Å²) in [4.78, 5) is 0. The van der Waals surface area contributed by atoms with Crippen LogP contribution in [0.2, 0.25) is 0 Å². The van der Waals surface area contributed by atoms with Crippen molar-refractivity contribution in [3.8, 4) is 5.75 Å². The summed E-state index contributed by atoms with van der Waals surface area (Å²) in [5.74, 6) is 1.02. The molecule has 0 aliphatic carbocycles. The van der Waals surface area contributed by atoms with Gasteiger partial charge in [0, 0.05) is 12.5 Å². The molecule has 0 fully saturated rings. The molecule has 14 heavy (non-hydrogen) atoms. The Labute approximate surface area is 114 Å². The summed E-state index contributed by atoms with van der Waals surface area (Å²) in [7, 11) is 0. The third kappa shape index (κ3) is 1.88. The lowest BCUT2D eigenvalue weighted by molar-refractivity contribution is 0.344. The van der Waals surface area contributed by atoms with Gasteiger partial charge in [0.05, 0.1) is 11.3 Å². The molecule has 2 aromatic rings. The third-order valence-electron chi connectivity index (χ3n) is 1.89. The smallest absolute Gasteiger partial charge is 0.138 e. The van der Waals surface area contributed by atoms with E-state index >= 15 is 0 Å². The summed E-state index contributed by atoms with van der Waals surface area (Å²) < 4.78 is 9.46. The van der Waals surface area contributed by atoms with E-state index in [2.05, 4.69) is 62.7 Å². The van der Waals surface area contributed by atoms with Gasteiger partial charge in [-0.25, -0.2) is 0 Å². The van der Waals surface area contributed by atoms with Crippen molar-refractivity contribution >= 4 is 66.6 Å². The number of benzene rings is 1. The van der Waals surface area contributed by atoms with Gasteiger partial charge in [-0.1, -0.05) is 0 Å². The quantitative estimate of drug-likeness (QED) is 0.638. The van der Waals surface area contributed by atoms with Crippen molar-refractivity contribution < 1.29 is 4.74 Å². The van der Waals surface area contributed by atoms with E-state index < -0.39 is 0 Å². The molecule has 0 atom stereocenters. The van der Waals surface area contributed by atoms with E-state index in [0.717, 1.165) is 12.4 Å². The van der Waals surface area contributed by atoms with Crippen molar-refractivity contribution in [3.05, 3.63) is 24.7 Å². The lowest BCUT2D eigenvalue weighted by Gasteiger charge is -2.07. The largest absolute Gasteiger partial charge is 0.492 e. The minimum Gasteiger partial charge on any atom is -0.492 e. The first-order valence-electron chi connectivity index (χ1n) is 4.22. The molecule has 0 amide bonds. The molecule has 0 radical (unpaired) electrons. The van der Waals surface area contributed by atoms with Crippen molar-refractivity contribution in [3.63, 3.8) is 0 Å². The fourth-order valence-electron chi connectivity index (χ4n) is 1.31. The first kappa shape index (κ1) is 10.9. The lowest BCUT2D eigenvalue weighted by atomic mass is 10.2. The normalized spacial score (nSPS) is 10.8. The van der Waals surface area contributed by atoms with E-state index in [1.807, 2.05) is 6.92 Å². The Balaban J connectivity index is 2.71. The first-order valence-corrected chi connectivity index (χ1v) is 7.25. The van der Waals surface area contributed by atoms with E-state index in [1.54, 1.807) is 11.3 Å². The number of ether oxygens (including phenoxy) is 1. The van der Waals surface area contributed by atoms with Crippen LogP contribution in [0.1, 0.15) is 6.92 Å². The van der Waals surface area contributed by atoms with Gasteiger partial charge in [-0.2, -0.15) is 0 Å². The molecule has 2 rings (SSSR count). The highest BCUT2D eigenvalue weighted by atomic mass is 127. The molecular formula is C10H8I2OS. The number of rotatable bonds is 2. The van der Waals surface area contributed by atoms with E-state index in [1.165, 1.54) is 17.2 Å². The van der Waals surface area contributed by atoms with Gasteiger partial charge in [-0.15, -0.1) is 11.3 Å². The molecule has 1 heterocycles. The van der Waals surface area contributed by atoms with E-state index in [-0.39, 0.29) is 0 Å². The molecule has 1 aromatic heterocycles. The van der Waals surface area contributed by atoms with Crippen LogP contribution >= 0.6 is 56.5 Å². The zero-order valence-corrected chi connectivity index (χ0v) is 12.6. The summed E-state index contributed by atoms with van der Waals surface area (Å²) in [6.45, 7) is 2.74. The summed E-state index contributed by atoms with van der Waals surface area (Å²) >= 11 is 6.48. The molecule has 0 aliphatic heterocycles. The van der Waals surface area contributed by atoms with Gasteiger partial charge in [-0.3, -0.25) is 0 Å². The van der Waals surface area contributed by atoms with Crippen LogP contribution in [0.3, 0.4) is 0 Å². The Morgan fingerprint density at radius 3 is 2.93 bits per heavy atom.